The molecule has 6 heteroatoms. The summed E-state index contributed by atoms with van der Waals surface area (Å²) in [7, 11) is 0. The van der Waals surface area contributed by atoms with Crippen LogP contribution in [0.2, 0.25) is 0 Å². The van der Waals surface area contributed by atoms with Crippen LogP contribution in [0.4, 0.5) is 0 Å². The molecule has 2 aliphatic carbocycles. The summed E-state index contributed by atoms with van der Waals surface area (Å²) >= 11 is 0. The number of hydrogen-bond acceptors (Lipinski definition) is 6. The first-order valence-corrected chi connectivity index (χ1v) is 11.9. The number of ketones is 2. The van der Waals surface area contributed by atoms with Gasteiger partial charge in [0.2, 0.25) is 0 Å². The van der Waals surface area contributed by atoms with Crippen molar-refractivity contribution in [2.45, 2.75) is 92.9 Å². The highest BCUT2D eigenvalue weighted by Gasteiger charge is 2.37. The molecule has 0 spiro atoms. The Kier molecular flexibility index (Phi) is 8.60. The Morgan fingerprint density at radius 3 is 1.34 bits per heavy atom. The lowest BCUT2D eigenvalue weighted by Crippen LogP contribution is -2.31. The van der Waals surface area contributed by atoms with E-state index < -0.39 is 0 Å². The summed E-state index contributed by atoms with van der Waals surface area (Å²) in [6.45, 7) is 13.0. The van der Waals surface area contributed by atoms with Crippen molar-refractivity contribution < 1.29 is 19.8 Å². The molecule has 0 aromatic heterocycles. The maximum Gasteiger partial charge on any atom is 0.168 e. The third-order valence-corrected chi connectivity index (χ3v) is 5.93. The highest BCUT2D eigenvalue weighted by Crippen LogP contribution is 2.38. The molecular formula is C26H40N2O4. The molecule has 0 bridgehead atoms. The Morgan fingerprint density at radius 2 is 1.06 bits per heavy atom. The first-order valence-electron chi connectivity index (χ1n) is 11.9. The van der Waals surface area contributed by atoms with Crippen LogP contribution in [0.5, 0.6) is 0 Å². The van der Waals surface area contributed by atoms with Gasteiger partial charge in [0.15, 0.2) is 11.6 Å². The van der Waals surface area contributed by atoms with Gasteiger partial charge in [0.25, 0.3) is 0 Å². The van der Waals surface area contributed by atoms with Crippen LogP contribution in [-0.2, 0) is 9.59 Å². The quantitative estimate of drug-likeness (QED) is 0.434. The molecule has 0 heterocycles. The molecule has 2 N–H and O–H groups in total. The van der Waals surface area contributed by atoms with Gasteiger partial charge in [-0.25, -0.2) is 0 Å². The van der Waals surface area contributed by atoms with Crippen LogP contribution < -0.4 is 0 Å². The number of allylic oxidation sites excluding steroid dienone is 4. The number of aliphatic imine (C=N–C) groups is 2. The van der Waals surface area contributed by atoms with E-state index in [4.69, 9.17) is 0 Å². The van der Waals surface area contributed by atoms with Gasteiger partial charge in [0, 0.05) is 50.2 Å². The molecule has 0 atom stereocenters. The number of Topliss-reactive ketones (excluding diaryl/α,β-unsaturated/α-hetero) is 2. The van der Waals surface area contributed by atoms with E-state index in [1.54, 1.807) is 0 Å². The van der Waals surface area contributed by atoms with Crippen molar-refractivity contribution in [1.29, 1.82) is 0 Å². The first-order chi connectivity index (χ1) is 14.9. The normalized spacial score (nSPS) is 22.1. The molecule has 178 valence electrons. The smallest absolute Gasteiger partial charge is 0.168 e. The minimum absolute atomic E-state index is 0.0850. The van der Waals surface area contributed by atoms with Crippen molar-refractivity contribution in [3.63, 3.8) is 0 Å². The molecule has 2 aliphatic rings. The monoisotopic (exact) mass is 444 g/mol. The Bertz CT molecular complexity index is 800. The molecule has 0 saturated carbocycles. The van der Waals surface area contributed by atoms with Crippen LogP contribution in [0, 0.1) is 10.8 Å². The molecule has 0 amide bonds. The largest absolute Gasteiger partial charge is 0.511 e. The van der Waals surface area contributed by atoms with E-state index in [1.165, 1.54) is 0 Å². The average Bonchev–Trinajstić information content (AvgIpc) is 2.63. The Morgan fingerprint density at radius 1 is 0.719 bits per heavy atom. The second kappa shape index (κ2) is 10.6. The molecule has 0 aromatic carbocycles. The maximum atomic E-state index is 12.9. The average molecular weight is 445 g/mol. The molecule has 0 saturated heterocycles. The Hall–Kier alpha value is -2.24. The molecule has 6 nitrogen and oxygen atoms in total. The lowest BCUT2D eigenvalue weighted by Gasteiger charge is -2.31. The molecule has 0 radical (unpaired) electrons. The summed E-state index contributed by atoms with van der Waals surface area (Å²) in [4.78, 5) is 35.0. The zero-order valence-electron chi connectivity index (χ0n) is 20.7. The highest BCUT2D eigenvalue weighted by atomic mass is 16.3. The Labute approximate surface area is 192 Å². The number of rotatable bonds is 9. The van der Waals surface area contributed by atoms with Crippen LogP contribution in [0.25, 0.3) is 0 Å². The first kappa shape index (κ1) is 26.0. The van der Waals surface area contributed by atoms with Crippen LogP contribution in [0.15, 0.2) is 32.6 Å². The zero-order chi connectivity index (χ0) is 24.1. The van der Waals surface area contributed by atoms with E-state index in [2.05, 4.69) is 9.98 Å². The van der Waals surface area contributed by atoms with Gasteiger partial charge in [0.1, 0.15) is 11.5 Å². The van der Waals surface area contributed by atoms with E-state index in [0.29, 0.717) is 74.2 Å². The fourth-order valence-corrected chi connectivity index (χ4v) is 4.53. The van der Waals surface area contributed by atoms with Crippen molar-refractivity contribution in [2.24, 2.45) is 20.8 Å². The van der Waals surface area contributed by atoms with Crippen molar-refractivity contribution in [1.82, 2.24) is 0 Å². The lowest BCUT2D eigenvalue weighted by molar-refractivity contribution is -0.118. The number of aliphatic hydroxyl groups excluding tert-OH is 2. The van der Waals surface area contributed by atoms with E-state index >= 15 is 0 Å². The van der Waals surface area contributed by atoms with Crippen molar-refractivity contribution in [3.8, 4) is 0 Å². The van der Waals surface area contributed by atoms with Crippen LogP contribution in [0.1, 0.15) is 92.9 Å². The van der Waals surface area contributed by atoms with Crippen molar-refractivity contribution >= 4 is 23.0 Å². The van der Waals surface area contributed by atoms with Gasteiger partial charge in [-0.1, -0.05) is 41.5 Å². The van der Waals surface area contributed by atoms with Crippen LogP contribution in [0.3, 0.4) is 0 Å². The van der Waals surface area contributed by atoms with Gasteiger partial charge in [-0.2, -0.15) is 0 Å². The minimum atomic E-state index is -0.272. The summed E-state index contributed by atoms with van der Waals surface area (Å²) < 4.78 is 0. The van der Waals surface area contributed by atoms with E-state index in [1.807, 2.05) is 41.5 Å². The van der Waals surface area contributed by atoms with Gasteiger partial charge in [-0.3, -0.25) is 19.6 Å². The van der Waals surface area contributed by atoms with Crippen LogP contribution in [-0.4, -0.2) is 46.3 Å². The topological polar surface area (TPSA) is 99.3 Å². The van der Waals surface area contributed by atoms with Gasteiger partial charge in [0.05, 0.1) is 11.1 Å². The van der Waals surface area contributed by atoms with Gasteiger partial charge >= 0.3 is 0 Å². The molecule has 2 rings (SSSR count). The molecular weight excluding hydrogens is 404 g/mol. The van der Waals surface area contributed by atoms with Crippen molar-refractivity contribution in [2.75, 3.05) is 13.1 Å². The second-order valence-electron chi connectivity index (χ2n) is 10.7. The summed E-state index contributed by atoms with van der Waals surface area (Å²) in [6, 6.07) is 0. The standard InChI is InChI=1S/C26H40N2O4/c1-7-11-27-17(23-19(29)13-25(3,4)14-20(23)30)9-10-18(28-12-8-2)24-21(31)15-26(5,6)16-22(24)32/h29,31H,7-16H2,1-6H3. The SMILES string of the molecule is CCCN=C(CCC(=NCCC)C1=C(O)CC(C)(C)CC1=O)C1=C(O)CC(C)(C)CC1=O. The van der Waals surface area contributed by atoms with E-state index in [9.17, 15) is 19.8 Å². The number of carbonyl (C=O) groups excluding carboxylic acids is 2. The predicted octanol–water partition coefficient (Wildman–Crippen LogP) is 5.87. The summed E-state index contributed by atoms with van der Waals surface area (Å²) in [5.74, 6) is 0.0350. The fourth-order valence-electron chi connectivity index (χ4n) is 4.53. The Balaban J connectivity index is 2.37. The number of carbonyl (C=O) groups is 2. The molecule has 0 aromatic rings. The lowest BCUT2D eigenvalue weighted by atomic mass is 9.74. The van der Waals surface area contributed by atoms with Crippen molar-refractivity contribution in [3.05, 3.63) is 22.7 Å². The summed E-state index contributed by atoms with van der Waals surface area (Å²) in [5, 5.41) is 21.4. The third kappa shape index (κ3) is 6.63. The molecule has 0 unspecified atom stereocenters. The predicted molar refractivity (Wildman–Crippen MR) is 130 cm³/mol. The van der Waals surface area contributed by atoms with E-state index in [0.717, 1.165) is 12.8 Å². The molecule has 0 aliphatic heterocycles. The van der Waals surface area contributed by atoms with Crippen LogP contribution >= 0.6 is 0 Å². The van der Waals surface area contributed by atoms with Gasteiger partial charge in [-0.15, -0.1) is 0 Å². The maximum absolute atomic E-state index is 12.9. The number of nitrogens with zero attached hydrogens (tertiary/aromatic N) is 2. The summed E-state index contributed by atoms with van der Waals surface area (Å²) in [5.41, 5.74) is 1.29. The number of hydrogen-bond donors (Lipinski definition) is 2. The highest BCUT2D eigenvalue weighted by molar-refractivity contribution is 6.26. The summed E-state index contributed by atoms with van der Waals surface area (Å²) in [6.07, 6.45) is 4.05. The number of aliphatic hydroxyl groups is 2. The van der Waals surface area contributed by atoms with Gasteiger partial charge < -0.3 is 10.2 Å². The van der Waals surface area contributed by atoms with E-state index in [-0.39, 0.29) is 33.9 Å². The fraction of sp³-hybridized carbons (Fsp3) is 0.692. The second-order valence-corrected chi connectivity index (χ2v) is 10.7. The molecule has 0 fully saturated rings. The third-order valence-electron chi connectivity index (χ3n) is 5.93. The zero-order valence-corrected chi connectivity index (χ0v) is 20.7. The molecule has 32 heavy (non-hydrogen) atoms. The minimum Gasteiger partial charge on any atom is -0.511 e. The van der Waals surface area contributed by atoms with Gasteiger partial charge in [-0.05, 0) is 36.5 Å².